The summed E-state index contributed by atoms with van der Waals surface area (Å²) in [6, 6.07) is 10.0. The van der Waals surface area contributed by atoms with E-state index in [2.05, 4.69) is 16.0 Å². The lowest BCUT2D eigenvalue weighted by Crippen LogP contribution is -1.99. The highest BCUT2D eigenvalue weighted by molar-refractivity contribution is 5.85. The Morgan fingerprint density at radius 2 is 2.11 bits per heavy atom. The molecule has 2 aromatic heterocycles. The zero-order valence-corrected chi connectivity index (χ0v) is 10.2. The van der Waals surface area contributed by atoms with E-state index in [0.717, 1.165) is 28.7 Å². The van der Waals surface area contributed by atoms with Gasteiger partial charge in [-0.25, -0.2) is 4.98 Å². The molecule has 0 bridgehead atoms. The van der Waals surface area contributed by atoms with Crippen molar-refractivity contribution < 1.29 is 0 Å². The van der Waals surface area contributed by atoms with Gasteiger partial charge in [-0.05, 0) is 25.1 Å². The van der Waals surface area contributed by atoms with Crippen molar-refractivity contribution in [1.29, 1.82) is 0 Å². The fourth-order valence-corrected chi connectivity index (χ4v) is 2.09. The van der Waals surface area contributed by atoms with Gasteiger partial charge >= 0.3 is 0 Å². The molecule has 4 nitrogen and oxygen atoms in total. The second-order valence-electron chi connectivity index (χ2n) is 4.18. The van der Waals surface area contributed by atoms with Gasteiger partial charge in [-0.15, -0.1) is 0 Å². The van der Waals surface area contributed by atoms with Crippen LogP contribution in [0.2, 0.25) is 0 Å². The molecule has 0 unspecified atom stereocenters. The Kier molecular flexibility index (Phi) is 2.48. The van der Waals surface area contributed by atoms with Gasteiger partial charge in [0.25, 0.3) is 0 Å². The number of nitrogens with two attached hydrogens (primary N) is 1. The second-order valence-corrected chi connectivity index (χ2v) is 4.18. The summed E-state index contributed by atoms with van der Waals surface area (Å²) in [5, 5.41) is 1.10. The standard InChI is InChI=1S/C14H14N4/c1-2-18-9-17-13(14(18)15)11-5-6-12-10(8-11)4-3-7-16-12/h3-9H,2,15H2,1H3. The molecule has 2 heterocycles. The quantitative estimate of drug-likeness (QED) is 0.746. The molecular weight excluding hydrogens is 224 g/mol. The molecule has 0 spiro atoms. The predicted molar refractivity (Wildman–Crippen MR) is 73.1 cm³/mol. The lowest BCUT2D eigenvalue weighted by molar-refractivity contribution is 0.771. The Labute approximate surface area is 105 Å². The summed E-state index contributed by atoms with van der Waals surface area (Å²) in [5.74, 6) is 0.709. The van der Waals surface area contributed by atoms with Crippen LogP contribution in [0, 0.1) is 0 Å². The maximum Gasteiger partial charge on any atom is 0.131 e. The molecule has 0 saturated carbocycles. The Morgan fingerprint density at radius 3 is 2.89 bits per heavy atom. The van der Waals surface area contributed by atoms with Gasteiger partial charge in [0.05, 0.1) is 11.8 Å². The smallest absolute Gasteiger partial charge is 0.131 e. The van der Waals surface area contributed by atoms with Crippen molar-refractivity contribution in [3.8, 4) is 11.3 Å². The first-order valence-electron chi connectivity index (χ1n) is 5.95. The van der Waals surface area contributed by atoms with Gasteiger partial charge in [0.15, 0.2) is 0 Å². The van der Waals surface area contributed by atoms with Gasteiger partial charge in [-0.2, -0.15) is 0 Å². The first-order chi connectivity index (χ1) is 8.79. The molecule has 0 aliphatic rings. The number of hydrogen-bond acceptors (Lipinski definition) is 3. The summed E-state index contributed by atoms with van der Waals surface area (Å²) in [4.78, 5) is 8.68. The lowest BCUT2D eigenvalue weighted by Gasteiger charge is -2.03. The molecule has 0 radical (unpaired) electrons. The fraction of sp³-hybridized carbons (Fsp3) is 0.143. The number of hydrogen-bond donors (Lipinski definition) is 1. The monoisotopic (exact) mass is 238 g/mol. The van der Waals surface area contributed by atoms with Crippen molar-refractivity contribution in [2.24, 2.45) is 0 Å². The number of aromatic nitrogens is 3. The number of nitrogens with zero attached hydrogens (tertiary/aromatic N) is 3. The van der Waals surface area contributed by atoms with Crippen LogP contribution in [0.25, 0.3) is 22.2 Å². The van der Waals surface area contributed by atoms with Crippen LogP contribution < -0.4 is 5.73 Å². The molecule has 90 valence electrons. The molecule has 2 N–H and O–H groups in total. The molecule has 3 rings (SSSR count). The van der Waals surface area contributed by atoms with Crippen molar-refractivity contribution in [1.82, 2.24) is 14.5 Å². The Balaban J connectivity index is 2.16. The van der Waals surface area contributed by atoms with Crippen LogP contribution in [-0.4, -0.2) is 14.5 Å². The Bertz CT molecular complexity index is 700. The number of pyridine rings is 1. The van der Waals surface area contributed by atoms with E-state index < -0.39 is 0 Å². The van der Waals surface area contributed by atoms with E-state index >= 15 is 0 Å². The summed E-state index contributed by atoms with van der Waals surface area (Å²) in [5.41, 5.74) is 8.92. The van der Waals surface area contributed by atoms with Crippen LogP contribution in [-0.2, 0) is 6.54 Å². The topological polar surface area (TPSA) is 56.7 Å². The minimum absolute atomic E-state index is 0.709. The van der Waals surface area contributed by atoms with E-state index in [-0.39, 0.29) is 0 Å². The van der Waals surface area contributed by atoms with Crippen molar-refractivity contribution in [2.75, 3.05) is 5.73 Å². The predicted octanol–water partition coefficient (Wildman–Crippen LogP) is 2.70. The van der Waals surface area contributed by atoms with E-state index in [1.54, 1.807) is 12.5 Å². The molecular formula is C14H14N4. The maximum absolute atomic E-state index is 6.07. The van der Waals surface area contributed by atoms with Crippen LogP contribution in [0.5, 0.6) is 0 Å². The summed E-state index contributed by atoms with van der Waals surface area (Å²) >= 11 is 0. The molecule has 0 amide bonds. The molecule has 1 aromatic carbocycles. The number of benzene rings is 1. The first-order valence-corrected chi connectivity index (χ1v) is 5.95. The largest absolute Gasteiger partial charge is 0.383 e. The van der Waals surface area contributed by atoms with Gasteiger partial charge in [0.1, 0.15) is 11.5 Å². The van der Waals surface area contributed by atoms with Crippen molar-refractivity contribution in [2.45, 2.75) is 13.5 Å². The molecule has 0 aliphatic heterocycles. The van der Waals surface area contributed by atoms with Gasteiger partial charge in [0, 0.05) is 23.7 Å². The van der Waals surface area contributed by atoms with Gasteiger partial charge in [0.2, 0.25) is 0 Å². The van der Waals surface area contributed by atoms with Gasteiger partial charge < -0.3 is 10.3 Å². The third-order valence-electron chi connectivity index (χ3n) is 3.10. The van der Waals surface area contributed by atoms with E-state index in [1.165, 1.54) is 0 Å². The minimum atomic E-state index is 0.709. The average molecular weight is 238 g/mol. The number of rotatable bonds is 2. The SMILES string of the molecule is CCn1cnc(-c2ccc3ncccc3c2)c1N. The highest BCUT2D eigenvalue weighted by atomic mass is 15.1. The zero-order chi connectivity index (χ0) is 12.5. The lowest BCUT2D eigenvalue weighted by atomic mass is 10.1. The summed E-state index contributed by atoms with van der Waals surface area (Å²) in [6.07, 6.45) is 3.57. The van der Waals surface area contributed by atoms with Gasteiger partial charge in [-0.1, -0.05) is 12.1 Å². The molecule has 0 aliphatic carbocycles. The number of aryl methyl sites for hydroxylation is 1. The van der Waals surface area contributed by atoms with E-state index in [4.69, 9.17) is 5.73 Å². The molecule has 3 aromatic rings. The molecule has 4 heteroatoms. The van der Waals surface area contributed by atoms with Crippen LogP contribution in [0.3, 0.4) is 0 Å². The molecule has 0 saturated heterocycles. The third kappa shape index (κ3) is 1.62. The highest BCUT2D eigenvalue weighted by Gasteiger charge is 2.09. The normalized spacial score (nSPS) is 10.9. The summed E-state index contributed by atoms with van der Waals surface area (Å²) < 4.78 is 1.93. The van der Waals surface area contributed by atoms with E-state index in [0.29, 0.717) is 5.82 Å². The highest BCUT2D eigenvalue weighted by Crippen LogP contribution is 2.26. The Morgan fingerprint density at radius 1 is 1.22 bits per heavy atom. The van der Waals surface area contributed by atoms with Gasteiger partial charge in [-0.3, -0.25) is 4.98 Å². The number of fused-ring (bicyclic) bond motifs is 1. The molecule has 0 fully saturated rings. The van der Waals surface area contributed by atoms with Crippen LogP contribution in [0.15, 0.2) is 42.9 Å². The first kappa shape index (κ1) is 10.8. The summed E-state index contributed by atoms with van der Waals surface area (Å²) in [7, 11) is 0. The average Bonchev–Trinajstić information content (AvgIpc) is 2.79. The van der Waals surface area contributed by atoms with Crippen molar-refractivity contribution >= 4 is 16.7 Å². The molecule has 18 heavy (non-hydrogen) atoms. The van der Waals surface area contributed by atoms with Crippen LogP contribution in [0.1, 0.15) is 6.92 Å². The number of nitrogen functional groups attached to an aromatic ring is 1. The zero-order valence-electron chi connectivity index (χ0n) is 10.2. The van der Waals surface area contributed by atoms with Crippen LogP contribution in [0.4, 0.5) is 5.82 Å². The van der Waals surface area contributed by atoms with Crippen molar-refractivity contribution in [3.05, 3.63) is 42.9 Å². The number of anilines is 1. The van der Waals surface area contributed by atoms with Crippen molar-refractivity contribution in [3.63, 3.8) is 0 Å². The third-order valence-corrected chi connectivity index (χ3v) is 3.10. The summed E-state index contributed by atoms with van der Waals surface area (Å²) in [6.45, 7) is 2.88. The van der Waals surface area contributed by atoms with E-state index in [1.807, 2.05) is 35.8 Å². The molecule has 0 atom stereocenters. The van der Waals surface area contributed by atoms with Crippen LogP contribution >= 0.6 is 0 Å². The van der Waals surface area contributed by atoms with E-state index in [9.17, 15) is 0 Å². The fourth-order valence-electron chi connectivity index (χ4n) is 2.09. The Hall–Kier alpha value is -2.36. The second kappa shape index (κ2) is 4.14. The maximum atomic E-state index is 6.07. The minimum Gasteiger partial charge on any atom is -0.383 e. The number of imidazole rings is 1.